The van der Waals surface area contributed by atoms with Gasteiger partial charge in [-0.3, -0.25) is 4.98 Å². The maximum Gasteiger partial charge on any atom is 0.341 e. The van der Waals surface area contributed by atoms with Crippen LogP contribution in [0.15, 0.2) is 36.5 Å². The number of methoxy groups -OCH3 is 1. The van der Waals surface area contributed by atoms with Crippen molar-refractivity contribution in [2.45, 2.75) is 13.5 Å². The first kappa shape index (κ1) is 13.9. The van der Waals surface area contributed by atoms with Crippen molar-refractivity contribution in [3.8, 4) is 11.5 Å². The van der Waals surface area contributed by atoms with E-state index in [0.29, 0.717) is 11.4 Å². The summed E-state index contributed by atoms with van der Waals surface area (Å²) < 4.78 is 10.6. The molecular formula is C15H15NO4. The van der Waals surface area contributed by atoms with E-state index in [0.717, 1.165) is 11.3 Å². The second-order valence-electron chi connectivity index (χ2n) is 4.26. The van der Waals surface area contributed by atoms with Gasteiger partial charge >= 0.3 is 5.97 Å². The molecule has 1 aromatic heterocycles. The lowest BCUT2D eigenvalue weighted by Crippen LogP contribution is -2.05. The van der Waals surface area contributed by atoms with Crippen molar-refractivity contribution >= 4 is 5.97 Å². The van der Waals surface area contributed by atoms with Crippen LogP contribution in [0, 0.1) is 6.92 Å². The van der Waals surface area contributed by atoms with Gasteiger partial charge in [-0.2, -0.15) is 0 Å². The highest BCUT2D eigenvalue weighted by Crippen LogP contribution is 2.20. The Kier molecular flexibility index (Phi) is 4.20. The summed E-state index contributed by atoms with van der Waals surface area (Å²) in [7, 11) is 1.60. The average Bonchev–Trinajstić information content (AvgIpc) is 2.45. The molecule has 2 aromatic rings. The Morgan fingerprint density at radius 3 is 2.60 bits per heavy atom. The molecule has 1 aromatic carbocycles. The molecule has 1 N–H and O–H groups in total. The molecule has 104 valence electrons. The van der Waals surface area contributed by atoms with Crippen molar-refractivity contribution in [2.24, 2.45) is 0 Å². The number of aromatic nitrogens is 1. The number of hydrogen-bond acceptors (Lipinski definition) is 4. The van der Waals surface area contributed by atoms with Gasteiger partial charge in [0.15, 0.2) is 0 Å². The number of benzene rings is 1. The third-order valence-electron chi connectivity index (χ3n) is 2.79. The highest BCUT2D eigenvalue weighted by molar-refractivity contribution is 5.90. The van der Waals surface area contributed by atoms with Crippen LogP contribution in [-0.4, -0.2) is 23.2 Å². The smallest absolute Gasteiger partial charge is 0.341 e. The second-order valence-corrected chi connectivity index (χ2v) is 4.26. The number of aryl methyl sites for hydroxylation is 1. The molecule has 1 heterocycles. The van der Waals surface area contributed by atoms with Gasteiger partial charge in [0, 0.05) is 18.0 Å². The molecule has 5 heteroatoms. The van der Waals surface area contributed by atoms with Gasteiger partial charge in [0.05, 0.1) is 7.11 Å². The van der Waals surface area contributed by atoms with Crippen molar-refractivity contribution in [1.82, 2.24) is 4.98 Å². The van der Waals surface area contributed by atoms with E-state index in [1.807, 2.05) is 24.3 Å². The van der Waals surface area contributed by atoms with Crippen LogP contribution in [0.4, 0.5) is 0 Å². The Bertz CT molecular complexity index is 608. The number of pyridine rings is 1. The topological polar surface area (TPSA) is 68.7 Å². The van der Waals surface area contributed by atoms with Crippen molar-refractivity contribution in [1.29, 1.82) is 0 Å². The van der Waals surface area contributed by atoms with Crippen LogP contribution in [0.2, 0.25) is 0 Å². The summed E-state index contributed by atoms with van der Waals surface area (Å²) in [5.74, 6) is 0.0304. The number of ether oxygens (including phenoxy) is 2. The maximum atomic E-state index is 11.1. The minimum absolute atomic E-state index is 0.0594. The molecule has 0 unspecified atom stereocenters. The highest BCUT2D eigenvalue weighted by Gasteiger charge is 2.12. The fourth-order valence-electron chi connectivity index (χ4n) is 1.70. The van der Waals surface area contributed by atoms with E-state index in [2.05, 4.69) is 4.98 Å². The molecule has 0 radical (unpaired) electrons. The third kappa shape index (κ3) is 3.26. The van der Waals surface area contributed by atoms with Gasteiger partial charge in [-0.05, 0) is 24.6 Å². The number of rotatable bonds is 5. The van der Waals surface area contributed by atoms with Gasteiger partial charge in [0.25, 0.3) is 0 Å². The molecule has 0 fully saturated rings. The Morgan fingerprint density at radius 2 is 2.00 bits per heavy atom. The Balaban J connectivity index is 2.13. The number of carboxylic acid groups (broad SMARTS) is 1. The summed E-state index contributed by atoms with van der Waals surface area (Å²) in [6, 6.07) is 9.01. The molecule has 0 saturated heterocycles. The van der Waals surface area contributed by atoms with Crippen LogP contribution in [0.5, 0.6) is 11.5 Å². The van der Waals surface area contributed by atoms with E-state index >= 15 is 0 Å². The zero-order chi connectivity index (χ0) is 14.5. The Labute approximate surface area is 116 Å². The van der Waals surface area contributed by atoms with E-state index in [4.69, 9.17) is 14.6 Å². The summed E-state index contributed by atoms with van der Waals surface area (Å²) in [5.41, 5.74) is 1.69. The first-order valence-electron chi connectivity index (χ1n) is 6.06. The van der Waals surface area contributed by atoms with Crippen LogP contribution in [0.3, 0.4) is 0 Å². The van der Waals surface area contributed by atoms with E-state index in [9.17, 15) is 4.79 Å². The predicted molar refractivity (Wildman–Crippen MR) is 73.3 cm³/mol. The quantitative estimate of drug-likeness (QED) is 0.907. The van der Waals surface area contributed by atoms with E-state index < -0.39 is 5.97 Å². The first-order valence-corrected chi connectivity index (χ1v) is 6.06. The van der Waals surface area contributed by atoms with Crippen molar-refractivity contribution in [3.05, 3.63) is 53.3 Å². The number of carbonyl (C=O) groups is 1. The lowest BCUT2D eigenvalue weighted by molar-refractivity contribution is 0.0691. The molecule has 0 spiro atoms. The molecule has 2 rings (SSSR count). The van der Waals surface area contributed by atoms with Crippen molar-refractivity contribution < 1.29 is 19.4 Å². The minimum atomic E-state index is -1.05. The summed E-state index contributed by atoms with van der Waals surface area (Å²) in [6.07, 6.45) is 1.31. The third-order valence-corrected chi connectivity index (χ3v) is 2.79. The molecule has 0 atom stereocenters. The molecule has 0 aliphatic carbocycles. The summed E-state index contributed by atoms with van der Waals surface area (Å²) >= 11 is 0. The number of hydrogen-bond donors (Lipinski definition) is 1. The van der Waals surface area contributed by atoms with Gasteiger partial charge in [0.1, 0.15) is 23.7 Å². The standard InChI is InChI=1S/C15H15NO4/c1-10-7-14(13(8-16-10)15(17)18)20-9-11-3-5-12(19-2)6-4-11/h3-8H,9H2,1-2H3,(H,17,18). The molecule has 0 aliphatic rings. The SMILES string of the molecule is COc1ccc(COc2cc(C)ncc2C(=O)O)cc1. The average molecular weight is 273 g/mol. The van der Waals surface area contributed by atoms with Crippen LogP contribution < -0.4 is 9.47 Å². The predicted octanol–water partition coefficient (Wildman–Crippen LogP) is 2.68. The monoisotopic (exact) mass is 273 g/mol. The number of carboxylic acids is 1. The van der Waals surface area contributed by atoms with Gasteiger partial charge in [0.2, 0.25) is 0 Å². The highest BCUT2D eigenvalue weighted by atomic mass is 16.5. The molecule has 0 saturated carbocycles. The summed E-state index contributed by atoms with van der Waals surface area (Å²) in [4.78, 5) is 15.1. The fourth-order valence-corrected chi connectivity index (χ4v) is 1.70. The Morgan fingerprint density at radius 1 is 1.30 bits per heavy atom. The largest absolute Gasteiger partial charge is 0.497 e. The minimum Gasteiger partial charge on any atom is -0.497 e. The van der Waals surface area contributed by atoms with E-state index in [1.54, 1.807) is 20.1 Å². The van der Waals surface area contributed by atoms with Crippen LogP contribution in [0.1, 0.15) is 21.6 Å². The molecule has 0 amide bonds. The van der Waals surface area contributed by atoms with Gasteiger partial charge in [-0.25, -0.2) is 4.79 Å². The van der Waals surface area contributed by atoms with Gasteiger partial charge < -0.3 is 14.6 Å². The lowest BCUT2D eigenvalue weighted by Gasteiger charge is -2.10. The summed E-state index contributed by atoms with van der Waals surface area (Å²) in [5, 5.41) is 9.09. The number of nitrogens with zero attached hydrogens (tertiary/aromatic N) is 1. The normalized spacial score (nSPS) is 10.1. The number of aromatic carboxylic acids is 1. The first-order chi connectivity index (χ1) is 9.60. The zero-order valence-corrected chi connectivity index (χ0v) is 11.3. The lowest BCUT2D eigenvalue weighted by atomic mass is 10.2. The second kappa shape index (κ2) is 6.06. The maximum absolute atomic E-state index is 11.1. The van der Waals surface area contributed by atoms with Gasteiger partial charge in [-0.15, -0.1) is 0 Å². The van der Waals surface area contributed by atoms with Crippen LogP contribution in [0.25, 0.3) is 0 Å². The van der Waals surface area contributed by atoms with Crippen LogP contribution >= 0.6 is 0 Å². The van der Waals surface area contributed by atoms with Gasteiger partial charge in [-0.1, -0.05) is 12.1 Å². The zero-order valence-electron chi connectivity index (χ0n) is 11.3. The summed E-state index contributed by atoms with van der Waals surface area (Å²) in [6.45, 7) is 2.07. The molecule has 0 bridgehead atoms. The molecule has 5 nitrogen and oxygen atoms in total. The molecule has 20 heavy (non-hydrogen) atoms. The van der Waals surface area contributed by atoms with Crippen molar-refractivity contribution in [3.63, 3.8) is 0 Å². The Hall–Kier alpha value is -2.56. The van der Waals surface area contributed by atoms with E-state index in [1.165, 1.54) is 6.20 Å². The van der Waals surface area contributed by atoms with E-state index in [-0.39, 0.29) is 12.2 Å². The van der Waals surface area contributed by atoms with Crippen molar-refractivity contribution in [2.75, 3.05) is 7.11 Å². The molecular weight excluding hydrogens is 258 g/mol. The fraction of sp³-hybridized carbons (Fsp3) is 0.200. The van der Waals surface area contributed by atoms with Crippen LogP contribution in [-0.2, 0) is 6.61 Å². The molecule has 0 aliphatic heterocycles.